The molecule has 0 N–H and O–H groups in total. The van der Waals surface area contributed by atoms with Crippen molar-refractivity contribution in [1.82, 2.24) is 39.5 Å². The highest BCUT2D eigenvalue weighted by molar-refractivity contribution is 6.24. The molecule has 0 unspecified atom stereocenters. The molecule has 0 fully saturated rings. The van der Waals surface area contributed by atoms with E-state index >= 15 is 0 Å². The van der Waals surface area contributed by atoms with Crippen LogP contribution in [0.2, 0.25) is 0 Å². The first-order valence-corrected chi connectivity index (χ1v) is 18.7. The van der Waals surface area contributed by atoms with Gasteiger partial charge in [0, 0.05) is 33.0 Å². The Morgan fingerprint density at radius 3 is 1.09 bits per heavy atom. The Balaban J connectivity index is 1.21. The van der Waals surface area contributed by atoms with Gasteiger partial charge in [0.25, 0.3) is 0 Å². The van der Waals surface area contributed by atoms with Crippen molar-refractivity contribution < 1.29 is 0 Å². The van der Waals surface area contributed by atoms with E-state index in [0.717, 1.165) is 66.2 Å². The zero-order valence-corrected chi connectivity index (χ0v) is 30.4. The highest BCUT2D eigenvalue weighted by atomic mass is 15.2. The summed E-state index contributed by atoms with van der Waals surface area (Å²) in [5.74, 6) is 2.37. The monoisotopic (exact) mass is 730 g/mol. The van der Waals surface area contributed by atoms with Crippen molar-refractivity contribution in [3.05, 3.63) is 182 Å². The van der Waals surface area contributed by atoms with Crippen LogP contribution in [0.25, 0.3) is 107 Å². The summed E-state index contributed by atoms with van der Waals surface area (Å²) >= 11 is 0. The first-order chi connectivity index (χ1) is 28.2. The lowest BCUT2D eigenvalue weighted by Gasteiger charge is -2.13. The molecule has 0 saturated heterocycles. The van der Waals surface area contributed by atoms with E-state index in [-0.39, 0.29) is 0 Å². The van der Waals surface area contributed by atoms with Gasteiger partial charge in [-0.05, 0) is 35.0 Å². The second-order valence-corrected chi connectivity index (χ2v) is 13.8. The van der Waals surface area contributed by atoms with Gasteiger partial charge < -0.3 is 0 Å². The second-order valence-electron chi connectivity index (χ2n) is 13.8. The van der Waals surface area contributed by atoms with Gasteiger partial charge in [0.1, 0.15) is 11.4 Å². The van der Waals surface area contributed by atoms with E-state index in [1.165, 1.54) is 0 Å². The highest BCUT2D eigenvalue weighted by Crippen LogP contribution is 2.39. The smallest absolute Gasteiger partial charge is 0.238 e. The highest BCUT2D eigenvalue weighted by Gasteiger charge is 2.23. The van der Waals surface area contributed by atoms with Crippen LogP contribution in [-0.4, -0.2) is 39.5 Å². The average molecular weight is 731 g/mol. The number of benzene rings is 7. The number of hydrogen-bond acceptors (Lipinski definition) is 7. The van der Waals surface area contributed by atoms with Crippen LogP contribution in [0.4, 0.5) is 0 Å². The summed E-state index contributed by atoms with van der Waals surface area (Å²) in [6, 6.07) is 61.2. The zero-order valence-electron chi connectivity index (χ0n) is 30.4. The summed E-state index contributed by atoms with van der Waals surface area (Å²) in [4.78, 5) is 36.1. The predicted octanol–water partition coefficient (Wildman–Crippen LogP) is 11.1. The first-order valence-electron chi connectivity index (χ1n) is 18.7. The third-order valence-corrected chi connectivity index (χ3v) is 10.3. The molecule has 11 aromatic rings. The van der Waals surface area contributed by atoms with Crippen LogP contribution >= 0.6 is 0 Å². The van der Waals surface area contributed by atoms with Crippen molar-refractivity contribution in [2.24, 2.45) is 0 Å². The lowest BCUT2D eigenvalue weighted by molar-refractivity contribution is 0.941. The Morgan fingerprint density at radius 1 is 0.281 bits per heavy atom. The van der Waals surface area contributed by atoms with Crippen LogP contribution in [0.1, 0.15) is 0 Å². The van der Waals surface area contributed by atoms with Gasteiger partial charge in [-0.25, -0.2) is 24.9 Å². The summed E-state index contributed by atoms with van der Waals surface area (Å²) in [5.41, 5.74) is 8.30. The van der Waals surface area contributed by atoms with Gasteiger partial charge in [0.2, 0.25) is 5.95 Å². The zero-order chi connectivity index (χ0) is 37.7. The fourth-order valence-corrected chi connectivity index (χ4v) is 7.60. The Kier molecular flexibility index (Phi) is 7.63. The van der Waals surface area contributed by atoms with Gasteiger partial charge in [-0.15, -0.1) is 0 Å². The molecule has 0 radical (unpaired) electrons. The van der Waals surface area contributed by atoms with Crippen molar-refractivity contribution in [2.45, 2.75) is 0 Å². The van der Waals surface area contributed by atoms with Gasteiger partial charge in [-0.2, -0.15) is 9.97 Å². The maximum atomic E-state index is 5.27. The van der Waals surface area contributed by atoms with E-state index in [0.29, 0.717) is 40.6 Å². The Bertz CT molecular complexity index is 2890. The minimum atomic E-state index is 0.392. The second kappa shape index (κ2) is 13.4. The topological polar surface area (TPSA) is 95.2 Å². The molecule has 0 aliphatic rings. The quantitative estimate of drug-likeness (QED) is 0.151. The maximum Gasteiger partial charge on any atom is 0.238 e. The largest absolute Gasteiger partial charge is 0.278 e. The minimum absolute atomic E-state index is 0.392. The van der Waals surface area contributed by atoms with Crippen molar-refractivity contribution in [2.75, 3.05) is 0 Å². The summed E-state index contributed by atoms with van der Waals surface area (Å²) < 4.78 is 2.13. The lowest BCUT2D eigenvalue weighted by atomic mass is 10.0. The molecule has 0 aliphatic carbocycles. The molecular formula is C49H30N8. The van der Waals surface area contributed by atoms with Crippen LogP contribution in [-0.2, 0) is 0 Å². The third kappa shape index (κ3) is 5.75. The van der Waals surface area contributed by atoms with Gasteiger partial charge in [-0.1, -0.05) is 158 Å². The molecule has 0 aliphatic heterocycles. The van der Waals surface area contributed by atoms with Crippen molar-refractivity contribution >= 4 is 32.6 Å². The SMILES string of the molecule is c1ccc(-c2cc(-c3nc(-c4cc(-c5ccccc5)nc(-c5ccccc5)n4)nc(-n4c5cccc6ccc7cccc4c7c65)n3)nc(-c3ccccc3)n2)cc1. The van der Waals surface area contributed by atoms with Crippen LogP contribution in [0.5, 0.6) is 0 Å². The van der Waals surface area contributed by atoms with Crippen molar-refractivity contribution in [3.63, 3.8) is 0 Å². The lowest BCUT2D eigenvalue weighted by Crippen LogP contribution is -2.08. The van der Waals surface area contributed by atoms with E-state index in [9.17, 15) is 0 Å². The molecule has 0 spiro atoms. The van der Waals surface area contributed by atoms with Crippen LogP contribution in [0.3, 0.4) is 0 Å². The molecule has 4 aromatic heterocycles. The summed E-state index contributed by atoms with van der Waals surface area (Å²) in [7, 11) is 0. The standard InChI is InChI=1S/C49H30N8/c1-5-15-31(16-6-1)37-29-39(52-45(50-37)35-19-9-3-10-20-35)47-54-48(40-30-38(32-17-7-2-8-18-32)51-46(53-40)36-21-11-4-12-22-36)56-49(55-47)57-41-25-13-23-33-27-28-34-24-14-26-42(57)44(34)43(33)41/h1-30H. The average Bonchev–Trinajstić information content (AvgIpc) is 3.65. The van der Waals surface area contributed by atoms with Crippen LogP contribution < -0.4 is 0 Å². The summed E-state index contributed by atoms with van der Waals surface area (Å²) in [6.07, 6.45) is 0. The molecule has 57 heavy (non-hydrogen) atoms. The van der Waals surface area contributed by atoms with Crippen LogP contribution in [0, 0.1) is 0 Å². The van der Waals surface area contributed by atoms with Crippen molar-refractivity contribution in [1.29, 1.82) is 0 Å². The van der Waals surface area contributed by atoms with Gasteiger partial charge >= 0.3 is 0 Å². The molecule has 4 heterocycles. The molecular weight excluding hydrogens is 701 g/mol. The summed E-state index contributed by atoms with van der Waals surface area (Å²) in [5, 5.41) is 4.62. The maximum absolute atomic E-state index is 5.27. The van der Waals surface area contributed by atoms with E-state index in [1.54, 1.807) is 0 Å². The molecule has 8 nitrogen and oxygen atoms in total. The Hall–Kier alpha value is -7.97. The number of nitrogens with zero attached hydrogens (tertiary/aromatic N) is 8. The van der Waals surface area contributed by atoms with Gasteiger partial charge in [-0.3, -0.25) is 4.57 Å². The molecule has 0 bridgehead atoms. The van der Waals surface area contributed by atoms with Gasteiger partial charge in [0.15, 0.2) is 23.3 Å². The number of rotatable bonds is 7. The predicted molar refractivity (Wildman–Crippen MR) is 227 cm³/mol. The van der Waals surface area contributed by atoms with Crippen LogP contribution in [0.15, 0.2) is 182 Å². The summed E-state index contributed by atoms with van der Waals surface area (Å²) in [6.45, 7) is 0. The first kappa shape index (κ1) is 32.5. The molecule has 7 aromatic carbocycles. The normalized spacial score (nSPS) is 11.5. The van der Waals surface area contributed by atoms with E-state index < -0.39 is 0 Å². The molecule has 8 heteroatoms. The molecule has 0 atom stereocenters. The fraction of sp³-hybridized carbons (Fsp3) is 0. The minimum Gasteiger partial charge on any atom is -0.278 e. The fourth-order valence-electron chi connectivity index (χ4n) is 7.60. The molecule has 0 saturated carbocycles. The molecule has 11 rings (SSSR count). The molecule has 0 amide bonds. The van der Waals surface area contributed by atoms with E-state index in [1.807, 2.05) is 133 Å². The Labute approximate surface area is 327 Å². The van der Waals surface area contributed by atoms with E-state index in [2.05, 4.69) is 53.1 Å². The van der Waals surface area contributed by atoms with Gasteiger partial charge in [0.05, 0.1) is 22.4 Å². The third-order valence-electron chi connectivity index (χ3n) is 10.3. The number of hydrogen-bond donors (Lipinski definition) is 0. The number of aromatic nitrogens is 8. The van der Waals surface area contributed by atoms with E-state index in [4.69, 9.17) is 34.9 Å². The molecule has 266 valence electrons. The van der Waals surface area contributed by atoms with Crippen molar-refractivity contribution in [3.8, 4) is 74.3 Å². The Morgan fingerprint density at radius 2 is 0.667 bits per heavy atom.